The van der Waals surface area contributed by atoms with Gasteiger partial charge in [-0.3, -0.25) is 0 Å². The SMILES string of the molecule is CN1CCCC(Nc2ccc(Br)c(C(F)(F)F)c2)C1. The highest BCUT2D eigenvalue weighted by molar-refractivity contribution is 9.10. The fourth-order valence-electron chi connectivity index (χ4n) is 2.35. The molecule has 0 saturated carbocycles. The molecule has 1 N–H and O–H groups in total. The number of piperidine rings is 1. The predicted molar refractivity (Wildman–Crippen MR) is 73.3 cm³/mol. The number of likely N-dealkylation sites (tertiary alicyclic amines) is 1. The second-order valence-electron chi connectivity index (χ2n) is 4.94. The van der Waals surface area contributed by atoms with Gasteiger partial charge in [-0.1, -0.05) is 15.9 Å². The standard InChI is InChI=1S/C13H16BrF3N2/c1-19-6-2-3-10(8-19)18-9-4-5-12(14)11(7-9)13(15,16)17/h4-5,7,10,18H,2-3,6,8H2,1H3. The molecule has 1 aliphatic rings. The molecule has 0 radical (unpaired) electrons. The van der Waals surface area contributed by atoms with E-state index >= 15 is 0 Å². The van der Waals surface area contributed by atoms with Gasteiger partial charge in [0.25, 0.3) is 0 Å². The van der Waals surface area contributed by atoms with Crippen LogP contribution in [0.1, 0.15) is 18.4 Å². The van der Waals surface area contributed by atoms with E-state index in [1.807, 2.05) is 7.05 Å². The molecule has 1 unspecified atom stereocenters. The van der Waals surface area contributed by atoms with E-state index in [1.54, 1.807) is 6.07 Å². The van der Waals surface area contributed by atoms with Gasteiger partial charge in [0.2, 0.25) is 0 Å². The lowest BCUT2D eigenvalue weighted by Gasteiger charge is -2.31. The number of hydrogen-bond donors (Lipinski definition) is 1. The predicted octanol–water partition coefficient (Wildman–Crippen LogP) is 3.97. The lowest BCUT2D eigenvalue weighted by Crippen LogP contribution is -2.39. The van der Waals surface area contributed by atoms with Gasteiger partial charge in [-0.2, -0.15) is 13.2 Å². The fourth-order valence-corrected chi connectivity index (χ4v) is 2.82. The van der Waals surface area contributed by atoms with Gasteiger partial charge in [0.1, 0.15) is 0 Å². The zero-order chi connectivity index (χ0) is 14.0. The second-order valence-corrected chi connectivity index (χ2v) is 5.79. The molecule has 1 heterocycles. The van der Waals surface area contributed by atoms with Crippen LogP contribution in [-0.4, -0.2) is 31.1 Å². The molecule has 0 aliphatic carbocycles. The third kappa shape index (κ3) is 3.86. The average molecular weight is 337 g/mol. The van der Waals surface area contributed by atoms with E-state index in [4.69, 9.17) is 0 Å². The second kappa shape index (κ2) is 5.71. The third-order valence-corrected chi connectivity index (χ3v) is 3.96. The van der Waals surface area contributed by atoms with Crippen LogP contribution in [-0.2, 0) is 6.18 Å². The van der Waals surface area contributed by atoms with Gasteiger partial charge in [-0.15, -0.1) is 0 Å². The highest BCUT2D eigenvalue weighted by Gasteiger charge is 2.33. The number of anilines is 1. The van der Waals surface area contributed by atoms with Crippen LogP contribution in [0.4, 0.5) is 18.9 Å². The summed E-state index contributed by atoms with van der Waals surface area (Å²) in [5, 5.41) is 3.19. The van der Waals surface area contributed by atoms with Crippen molar-refractivity contribution < 1.29 is 13.2 Å². The first-order chi connectivity index (χ1) is 8.86. The van der Waals surface area contributed by atoms with E-state index in [2.05, 4.69) is 26.1 Å². The summed E-state index contributed by atoms with van der Waals surface area (Å²) < 4.78 is 38.5. The quantitative estimate of drug-likeness (QED) is 0.878. The van der Waals surface area contributed by atoms with Crippen molar-refractivity contribution in [1.29, 1.82) is 0 Å². The van der Waals surface area contributed by atoms with E-state index in [-0.39, 0.29) is 10.5 Å². The van der Waals surface area contributed by atoms with Gasteiger partial charge in [0, 0.05) is 22.7 Å². The minimum atomic E-state index is -4.33. The Morgan fingerprint density at radius 3 is 2.74 bits per heavy atom. The summed E-state index contributed by atoms with van der Waals surface area (Å²) >= 11 is 2.94. The summed E-state index contributed by atoms with van der Waals surface area (Å²) in [4.78, 5) is 2.19. The molecule has 2 nitrogen and oxygen atoms in total. The molecule has 2 rings (SSSR count). The van der Waals surface area contributed by atoms with Crippen molar-refractivity contribution in [1.82, 2.24) is 4.90 Å². The summed E-state index contributed by atoms with van der Waals surface area (Å²) in [7, 11) is 2.02. The van der Waals surface area contributed by atoms with Crippen LogP contribution in [0.15, 0.2) is 22.7 Å². The first-order valence-electron chi connectivity index (χ1n) is 6.18. The summed E-state index contributed by atoms with van der Waals surface area (Å²) in [6, 6.07) is 4.49. The van der Waals surface area contributed by atoms with Crippen molar-refractivity contribution in [2.45, 2.75) is 25.1 Å². The molecule has 1 aromatic rings. The Morgan fingerprint density at radius 1 is 1.37 bits per heavy atom. The highest BCUT2D eigenvalue weighted by atomic mass is 79.9. The van der Waals surface area contributed by atoms with Crippen LogP contribution in [0, 0.1) is 0 Å². The number of halogens is 4. The molecule has 6 heteroatoms. The van der Waals surface area contributed by atoms with E-state index in [0.717, 1.165) is 25.9 Å². The maximum absolute atomic E-state index is 12.8. The molecule has 0 bridgehead atoms. The third-order valence-electron chi connectivity index (χ3n) is 3.27. The Kier molecular flexibility index (Phi) is 4.40. The normalized spacial score (nSPS) is 21.4. The van der Waals surface area contributed by atoms with Crippen molar-refractivity contribution in [2.75, 3.05) is 25.5 Å². The number of rotatable bonds is 2. The summed E-state index contributed by atoms with van der Waals surface area (Å²) in [5.74, 6) is 0. The van der Waals surface area contributed by atoms with Crippen LogP contribution in [0.25, 0.3) is 0 Å². The van der Waals surface area contributed by atoms with Crippen molar-refractivity contribution in [3.8, 4) is 0 Å². The Bertz CT molecular complexity index is 448. The van der Waals surface area contributed by atoms with E-state index < -0.39 is 11.7 Å². The first kappa shape index (κ1) is 14.7. The average Bonchev–Trinajstić information content (AvgIpc) is 2.30. The highest BCUT2D eigenvalue weighted by Crippen LogP contribution is 2.36. The molecule has 1 saturated heterocycles. The zero-order valence-corrected chi connectivity index (χ0v) is 12.2. The number of benzene rings is 1. The van der Waals surface area contributed by atoms with Gasteiger partial charge in [0.15, 0.2) is 0 Å². The number of likely N-dealkylation sites (N-methyl/N-ethyl adjacent to an activating group) is 1. The van der Waals surface area contributed by atoms with E-state index in [1.165, 1.54) is 12.1 Å². The van der Waals surface area contributed by atoms with Crippen LogP contribution in [0.5, 0.6) is 0 Å². The Balaban J connectivity index is 2.13. The van der Waals surface area contributed by atoms with Gasteiger partial charge in [0.05, 0.1) is 5.56 Å². The maximum atomic E-state index is 12.8. The number of hydrogen-bond acceptors (Lipinski definition) is 2. The lowest BCUT2D eigenvalue weighted by atomic mass is 10.1. The maximum Gasteiger partial charge on any atom is 0.417 e. The molecular formula is C13H16BrF3N2. The first-order valence-corrected chi connectivity index (χ1v) is 6.97. The number of nitrogens with one attached hydrogen (secondary N) is 1. The molecule has 19 heavy (non-hydrogen) atoms. The molecular weight excluding hydrogens is 321 g/mol. The van der Waals surface area contributed by atoms with Gasteiger partial charge < -0.3 is 10.2 Å². The van der Waals surface area contributed by atoms with Crippen molar-refractivity contribution in [3.05, 3.63) is 28.2 Å². The summed E-state index contributed by atoms with van der Waals surface area (Å²) in [5.41, 5.74) is -0.113. The van der Waals surface area contributed by atoms with Crippen molar-refractivity contribution in [3.63, 3.8) is 0 Å². The number of alkyl halides is 3. The van der Waals surface area contributed by atoms with E-state index in [0.29, 0.717) is 5.69 Å². The summed E-state index contributed by atoms with van der Waals surface area (Å²) in [6.45, 7) is 1.91. The molecule has 1 fully saturated rings. The van der Waals surface area contributed by atoms with Crippen LogP contribution in [0.2, 0.25) is 0 Å². The molecule has 0 amide bonds. The Hall–Kier alpha value is -0.750. The molecule has 0 spiro atoms. The Labute approximate surface area is 119 Å². The molecule has 1 atom stereocenters. The van der Waals surface area contributed by atoms with Gasteiger partial charge >= 0.3 is 6.18 Å². The minimum Gasteiger partial charge on any atom is -0.381 e. The zero-order valence-electron chi connectivity index (χ0n) is 10.6. The molecule has 1 aromatic carbocycles. The largest absolute Gasteiger partial charge is 0.417 e. The van der Waals surface area contributed by atoms with Crippen LogP contribution in [0.3, 0.4) is 0 Å². The smallest absolute Gasteiger partial charge is 0.381 e. The van der Waals surface area contributed by atoms with Gasteiger partial charge in [-0.25, -0.2) is 0 Å². The van der Waals surface area contributed by atoms with Crippen molar-refractivity contribution in [2.24, 2.45) is 0 Å². The van der Waals surface area contributed by atoms with Gasteiger partial charge in [-0.05, 0) is 44.6 Å². The number of nitrogens with zero attached hydrogens (tertiary/aromatic N) is 1. The van der Waals surface area contributed by atoms with Crippen LogP contribution < -0.4 is 5.32 Å². The molecule has 0 aromatic heterocycles. The van der Waals surface area contributed by atoms with Crippen LogP contribution >= 0.6 is 15.9 Å². The van der Waals surface area contributed by atoms with E-state index in [9.17, 15) is 13.2 Å². The lowest BCUT2D eigenvalue weighted by molar-refractivity contribution is -0.138. The minimum absolute atomic E-state index is 0.0753. The fraction of sp³-hybridized carbons (Fsp3) is 0.538. The monoisotopic (exact) mass is 336 g/mol. The topological polar surface area (TPSA) is 15.3 Å². The Morgan fingerprint density at radius 2 is 2.11 bits per heavy atom. The summed E-state index contributed by atoms with van der Waals surface area (Å²) in [6.07, 6.45) is -2.28. The molecule has 1 aliphatic heterocycles. The van der Waals surface area contributed by atoms with Crippen molar-refractivity contribution >= 4 is 21.6 Å². The molecule has 106 valence electrons.